The van der Waals surface area contributed by atoms with Gasteiger partial charge in [0.05, 0.1) is 0 Å². The number of hydrogen-bond donors (Lipinski definition) is 1. The lowest BCUT2D eigenvalue weighted by molar-refractivity contribution is 1.55. The quantitative estimate of drug-likeness (QED) is 0.378. The van der Waals surface area contributed by atoms with Crippen molar-refractivity contribution in [1.29, 1.82) is 0 Å². The van der Waals surface area contributed by atoms with Crippen molar-refractivity contribution >= 4 is 32.9 Å². The first-order valence-electron chi connectivity index (χ1n) is 7.22. The lowest BCUT2D eigenvalue weighted by Gasteiger charge is -2.23. The Hall–Kier alpha value is -2.80. The van der Waals surface area contributed by atoms with E-state index in [2.05, 4.69) is 78.1 Å². The van der Waals surface area contributed by atoms with Gasteiger partial charge in [-0.2, -0.15) is 0 Å². The first-order chi connectivity index (χ1) is 10.4. The third kappa shape index (κ3) is 1.46. The van der Waals surface area contributed by atoms with Crippen LogP contribution in [-0.2, 0) is 0 Å². The second-order valence-electron chi connectivity index (χ2n) is 5.58. The summed E-state index contributed by atoms with van der Waals surface area (Å²) in [5.74, 6) is 0. The molecule has 0 atom stereocenters. The number of hydrogen-bond acceptors (Lipinski definition) is 1. The van der Waals surface area contributed by atoms with Gasteiger partial charge in [0.1, 0.15) is 0 Å². The zero-order chi connectivity index (χ0) is 13.8. The highest BCUT2D eigenvalue weighted by molar-refractivity contribution is 6.13. The van der Waals surface area contributed by atoms with Crippen LogP contribution in [0.5, 0.6) is 0 Å². The Kier molecular flexibility index (Phi) is 2.01. The maximum atomic E-state index is 3.60. The van der Waals surface area contributed by atoms with E-state index in [9.17, 15) is 0 Å². The maximum absolute atomic E-state index is 3.60. The lowest BCUT2D eigenvalue weighted by Crippen LogP contribution is -2.00. The normalized spacial score (nSPS) is 12.2. The molecule has 0 spiro atoms. The van der Waals surface area contributed by atoms with Crippen LogP contribution in [0.25, 0.3) is 32.7 Å². The van der Waals surface area contributed by atoms with E-state index in [0.29, 0.717) is 0 Å². The molecule has 4 aromatic carbocycles. The fourth-order valence-electron chi connectivity index (χ4n) is 3.38. The van der Waals surface area contributed by atoms with Gasteiger partial charge in [0.15, 0.2) is 0 Å². The van der Waals surface area contributed by atoms with Gasteiger partial charge in [-0.25, -0.2) is 0 Å². The largest absolute Gasteiger partial charge is 0.354 e. The van der Waals surface area contributed by atoms with Crippen molar-refractivity contribution in [1.82, 2.24) is 0 Å². The van der Waals surface area contributed by atoms with E-state index in [-0.39, 0.29) is 0 Å². The van der Waals surface area contributed by atoms with Gasteiger partial charge in [0, 0.05) is 22.3 Å². The molecule has 0 aliphatic carbocycles. The van der Waals surface area contributed by atoms with Gasteiger partial charge in [-0.3, -0.25) is 0 Å². The predicted molar refractivity (Wildman–Crippen MR) is 90.2 cm³/mol. The van der Waals surface area contributed by atoms with Crippen LogP contribution in [0.1, 0.15) is 0 Å². The van der Waals surface area contributed by atoms with Gasteiger partial charge in [0.2, 0.25) is 0 Å². The molecule has 1 N–H and O–H groups in total. The minimum atomic E-state index is 1.19. The zero-order valence-electron chi connectivity index (χ0n) is 11.4. The number of fused-ring (bicyclic) bond motifs is 3. The van der Waals surface area contributed by atoms with Gasteiger partial charge in [0.25, 0.3) is 0 Å². The van der Waals surface area contributed by atoms with E-state index in [4.69, 9.17) is 0 Å². The first kappa shape index (κ1) is 10.9. The fraction of sp³-hybridized carbons (Fsp3) is 0. The summed E-state index contributed by atoms with van der Waals surface area (Å²) in [6.07, 6.45) is 0. The highest BCUT2D eigenvalue weighted by Crippen LogP contribution is 2.44. The monoisotopic (exact) mass is 267 g/mol. The summed E-state index contributed by atoms with van der Waals surface area (Å²) >= 11 is 0. The molecule has 0 radical (unpaired) electrons. The van der Waals surface area contributed by atoms with E-state index in [1.165, 1.54) is 44.0 Å². The van der Waals surface area contributed by atoms with E-state index < -0.39 is 0 Å². The first-order valence-corrected chi connectivity index (χ1v) is 7.22. The summed E-state index contributed by atoms with van der Waals surface area (Å²) in [4.78, 5) is 0. The van der Waals surface area contributed by atoms with Gasteiger partial charge >= 0.3 is 0 Å². The summed E-state index contributed by atoms with van der Waals surface area (Å²) in [7, 11) is 0. The second kappa shape index (κ2) is 3.86. The molecule has 0 saturated heterocycles. The molecule has 5 rings (SSSR count). The zero-order valence-corrected chi connectivity index (χ0v) is 11.4. The molecule has 1 aliphatic rings. The molecular weight excluding hydrogens is 254 g/mol. The molecule has 1 heteroatoms. The van der Waals surface area contributed by atoms with Crippen LogP contribution in [-0.4, -0.2) is 0 Å². The number of benzene rings is 4. The predicted octanol–water partition coefficient (Wildman–Crippen LogP) is 5.72. The van der Waals surface area contributed by atoms with Crippen LogP contribution in [0.4, 0.5) is 11.4 Å². The van der Waals surface area contributed by atoms with Gasteiger partial charge in [-0.15, -0.1) is 0 Å². The number of rotatable bonds is 0. The van der Waals surface area contributed by atoms with E-state index >= 15 is 0 Å². The Balaban J connectivity index is 1.95. The van der Waals surface area contributed by atoms with Crippen LogP contribution in [0.15, 0.2) is 72.8 Å². The third-order valence-electron chi connectivity index (χ3n) is 4.35. The molecule has 0 fully saturated rings. The molecule has 1 nitrogen and oxygen atoms in total. The van der Waals surface area contributed by atoms with Crippen molar-refractivity contribution in [2.45, 2.75) is 0 Å². The minimum Gasteiger partial charge on any atom is -0.354 e. The maximum Gasteiger partial charge on any atom is 0.0470 e. The molecule has 0 saturated carbocycles. The minimum absolute atomic E-state index is 1.19. The molecule has 98 valence electrons. The van der Waals surface area contributed by atoms with E-state index in [0.717, 1.165) is 0 Å². The second-order valence-corrected chi connectivity index (χ2v) is 5.58. The van der Waals surface area contributed by atoms with Crippen molar-refractivity contribution < 1.29 is 0 Å². The van der Waals surface area contributed by atoms with Crippen molar-refractivity contribution in [2.24, 2.45) is 0 Å². The molecular formula is C20H13N. The van der Waals surface area contributed by atoms with E-state index in [1.807, 2.05) is 0 Å². The highest BCUT2D eigenvalue weighted by atomic mass is 14.9. The molecule has 0 amide bonds. The Morgan fingerprint density at radius 3 is 2.10 bits per heavy atom. The average molecular weight is 267 g/mol. The summed E-state index contributed by atoms with van der Waals surface area (Å²) in [5.41, 5.74) is 5.01. The van der Waals surface area contributed by atoms with Crippen molar-refractivity contribution in [2.75, 3.05) is 5.32 Å². The summed E-state index contributed by atoms with van der Waals surface area (Å²) in [5, 5.41) is 8.77. The van der Waals surface area contributed by atoms with E-state index in [1.54, 1.807) is 0 Å². The van der Waals surface area contributed by atoms with Gasteiger partial charge < -0.3 is 5.32 Å². The van der Waals surface area contributed by atoms with Crippen molar-refractivity contribution in [3.05, 3.63) is 72.8 Å². The standard InChI is InChI=1S/C20H13N/c1-2-6-15-12-19-17(11-14(15)5-1)16-9-3-7-13-8-4-10-18(21-19)20(13)16/h1-12,21H. The van der Waals surface area contributed by atoms with Crippen LogP contribution in [0, 0.1) is 0 Å². The molecule has 4 aromatic rings. The Labute approximate surface area is 122 Å². The Morgan fingerprint density at radius 1 is 0.524 bits per heavy atom. The van der Waals surface area contributed by atoms with Gasteiger partial charge in [-0.1, -0.05) is 54.6 Å². The van der Waals surface area contributed by atoms with Crippen LogP contribution in [0.3, 0.4) is 0 Å². The summed E-state index contributed by atoms with van der Waals surface area (Å²) < 4.78 is 0. The Morgan fingerprint density at radius 2 is 1.24 bits per heavy atom. The highest BCUT2D eigenvalue weighted by Gasteiger charge is 2.17. The van der Waals surface area contributed by atoms with Crippen LogP contribution in [0.2, 0.25) is 0 Å². The Bertz CT molecular complexity index is 1010. The number of nitrogens with one attached hydrogen (secondary N) is 1. The van der Waals surface area contributed by atoms with Gasteiger partial charge in [-0.05, 0) is 39.9 Å². The average Bonchev–Trinajstić information content (AvgIpc) is 2.54. The molecule has 0 aromatic heterocycles. The van der Waals surface area contributed by atoms with Crippen molar-refractivity contribution in [3.63, 3.8) is 0 Å². The molecule has 0 unspecified atom stereocenters. The molecule has 1 heterocycles. The molecule has 21 heavy (non-hydrogen) atoms. The topological polar surface area (TPSA) is 12.0 Å². The lowest BCUT2D eigenvalue weighted by atomic mass is 9.91. The van der Waals surface area contributed by atoms with Crippen LogP contribution >= 0.6 is 0 Å². The number of anilines is 2. The third-order valence-corrected chi connectivity index (χ3v) is 4.35. The van der Waals surface area contributed by atoms with Crippen LogP contribution < -0.4 is 5.32 Å². The summed E-state index contributed by atoms with van der Waals surface area (Å²) in [6, 6.07) is 26.1. The SMILES string of the molecule is c1ccc2cc3c(cc2c1)Nc1cccc2cccc-3c12. The molecule has 0 bridgehead atoms. The summed E-state index contributed by atoms with van der Waals surface area (Å²) in [6.45, 7) is 0. The van der Waals surface area contributed by atoms with Crippen molar-refractivity contribution in [3.8, 4) is 11.1 Å². The smallest absolute Gasteiger partial charge is 0.0470 e. The molecule has 1 aliphatic heterocycles. The fourth-order valence-corrected chi connectivity index (χ4v) is 3.38.